The lowest BCUT2D eigenvalue weighted by Gasteiger charge is -2.21. The summed E-state index contributed by atoms with van der Waals surface area (Å²) in [6.07, 6.45) is 1.93. The van der Waals surface area contributed by atoms with Crippen molar-refractivity contribution in [3.05, 3.63) is 36.9 Å². The van der Waals surface area contributed by atoms with Gasteiger partial charge in [0, 0.05) is 35.0 Å². The van der Waals surface area contributed by atoms with Crippen molar-refractivity contribution in [2.24, 2.45) is 0 Å². The van der Waals surface area contributed by atoms with Gasteiger partial charge in [0.15, 0.2) is 0 Å². The Kier molecular flexibility index (Phi) is 6.30. The maximum absolute atomic E-state index is 3.76. The first-order valence-corrected chi connectivity index (χ1v) is 7.33. The molecule has 18 heavy (non-hydrogen) atoms. The van der Waals surface area contributed by atoms with Gasteiger partial charge in [0.05, 0.1) is 0 Å². The molecule has 0 aromatic heterocycles. The first-order chi connectivity index (χ1) is 8.53. The Morgan fingerprint density at radius 3 is 2.61 bits per heavy atom. The van der Waals surface area contributed by atoms with Crippen LogP contribution in [-0.2, 0) is 0 Å². The average Bonchev–Trinajstić information content (AvgIpc) is 2.32. The topological polar surface area (TPSA) is 24.1 Å². The molecule has 0 bridgehead atoms. The van der Waals surface area contributed by atoms with Crippen molar-refractivity contribution in [3.63, 3.8) is 0 Å². The molecule has 0 aliphatic heterocycles. The second-order valence-corrected chi connectivity index (χ2v) is 6.26. The van der Waals surface area contributed by atoms with Crippen LogP contribution in [0.4, 0.5) is 5.69 Å². The molecule has 0 unspecified atom stereocenters. The van der Waals surface area contributed by atoms with Crippen molar-refractivity contribution < 1.29 is 0 Å². The van der Waals surface area contributed by atoms with E-state index in [0.717, 1.165) is 18.8 Å². The Hall–Kier alpha value is -0.930. The van der Waals surface area contributed by atoms with Crippen LogP contribution in [0.2, 0.25) is 0 Å². The van der Waals surface area contributed by atoms with Gasteiger partial charge in [-0.05, 0) is 32.9 Å². The van der Waals surface area contributed by atoms with Crippen LogP contribution in [0.3, 0.4) is 0 Å². The molecule has 0 atom stereocenters. The number of benzene rings is 1. The van der Waals surface area contributed by atoms with Gasteiger partial charge in [-0.15, -0.1) is 18.3 Å². The van der Waals surface area contributed by atoms with Crippen molar-refractivity contribution in [2.45, 2.75) is 31.2 Å². The molecule has 1 aromatic rings. The molecule has 0 heterocycles. The van der Waals surface area contributed by atoms with E-state index in [1.165, 1.54) is 10.6 Å². The number of hydrogen-bond acceptors (Lipinski definition) is 3. The standard InChI is InChI=1S/C15H24N2S/c1-5-12-18-14-9-7-6-8-13(14)16-10-11-17-15(2,3)4/h5-9,16-17H,1,10-12H2,2-4H3. The van der Waals surface area contributed by atoms with Crippen LogP contribution in [0, 0.1) is 0 Å². The third kappa shape index (κ3) is 6.12. The quantitative estimate of drug-likeness (QED) is 0.445. The second-order valence-electron chi connectivity index (χ2n) is 5.20. The highest BCUT2D eigenvalue weighted by Gasteiger charge is 2.07. The number of nitrogens with one attached hydrogen (secondary N) is 2. The van der Waals surface area contributed by atoms with Gasteiger partial charge in [0.25, 0.3) is 0 Å². The van der Waals surface area contributed by atoms with E-state index in [2.05, 4.69) is 62.2 Å². The summed E-state index contributed by atoms with van der Waals surface area (Å²) >= 11 is 1.81. The van der Waals surface area contributed by atoms with Crippen LogP contribution in [0.15, 0.2) is 41.8 Å². The Balaban J connectivity index is 2.43. The van der Waals surface area contributed by atoms with Crippen molar-refractivity contribution >= 4 is 17.4 Å². The van der Waals surface area contributed by atoms with Gasteiger partial charge in [0.2, 0.25) is 0 Å². The van der Waals surface area contributed by atoms with E-state index in [-0.39, 0.29) is 5.54 Å². The van der Waals surface area contributed by atoms with Crippen LogP contribution in [-0.4, -0.2) is 24.4 Å². The van der Waals surface area contributed by atoms with E-state index in [1.807, 2.05) is 17.8 Å². The van der Waals surface area contributed by atoms with E-state index >= 15 is 0 Å². The molecule has 0 spiro atoms. The number of para-hydroxylation sites is 1. The van der Waals surface area contributed by atoms with Crippen LogP contribution < -0.4 is 10.6 Å². The molecule has 100 valence electrons. The largest absolute Gasteiger partial charge is 0.383 e. The summed E-state index contributed by atoms with van der Waals surface area (Å²) in [5.74, 6) is 0.943. The Morgan fingerprint density at radius 1 is 1.22 bits per heavy atom. The molecular weight excluding hydrogens is 240 g/mol. The Morgan fingerprint density at radius 2 is 1.94 bits per heavy atom. The van der Waals surface area contributed by atoms with E-state index in [1.54, 1.807) is 0 Å². The minimum atomic E-state index is 0.179. The molecule has 0 radical (unpaired) electrons. The minimum absolute atomic E-state index is 0.179. The van der Waals surface area contributed by atoms with E-state index in [9.17, 15) is 0 Å². The van der Waals surface area contributed by atoms with Gasteiger partial charge >= 0.3 is 0 Å². The van der Waals surface area contributed by atoms with E-state index in [4.69, 9.17) is 0 Å². The highest BCUT2D eigenvalue weighted by molar-refractivity contribution is 7.99. The van der Waals surface area contributed by atoms with Crippen molar-refractivity contribution in [1.82, 2.24) is 5.32 Å². The van der Waals surface area contributed by atoms with Crippen LogP contribution in [0.5, 0.6) is 0 Å². The molecule has 2 N–H and O–H groups in total. The maximum Gasteiger partial charge on any atom is 0.0478 e. The molecule has 2 nitrogen and oxygen atoms in total. The monoisotopic (exact) mass is 264 g/mol. The summed E-state index contributed by atoms with van der Waals surface area (Å²) in [5.41, 5.74) is 1.39. The second kappa shape index (κ2) is 7.49. The van der Waals surface area contributed by atoms with Crippen molar-refractivity contribution in [2.75, 3.05) is 24.2 Å². The van der Waals surface area contributed by atoms with Gasteiger partial charge in [-0.2, -0.15) is 0 Å². The summed E-state index contributed by atoms with van der Waals surface area (Å²) < 4.78 is 0. The van der Waals surface area contributed by atoms with Gasteiger partial charge in [-0.1, -0.05) is 18.2 Å². The molecular formula is C15H24N2S. The van der Waals surface area contributed by atoms with Crippen molar-refractivity contribution in [1.29, 1.82) is 0 Å². The van der Waals surface area contributed by atoms with Gasteiger partial charge in [-0.3, -0.25) is 0 Å². The molecule has 0 saturated carbocycles. The molecule has 1 rings (SSSR count). The zero-order valence-electron chi connectivity index (χ0n) is 11.6. The number of thioether (sulfide) groups is 1. The Bertz CT molecular complexity index is 369. The number of rotatable bonds is 7. The molecule has 0 aliphatic carbocycles. The predicted octanol–water partition coefficient (Wildman–Crippen LogP) is 3.76. The average molecular weight is 264 g/mol. The summed E-state index contributed by atoms with van der Waals surface area (Å²) in [4.78, 5) is 1.29. The third-order valence-corrected chi connectivity index (χ3v) is 3.41. The van der Waals surface area contributed by atoms with Crippen LogP contribution in [0.25, 0.3) is 0 Å². The molecule has 1 aromatic carbocycles. The Labute approximate surface area is 115 Å². The fourth-order valence-corrected chi connectivity index (χ4v) is 2.29. The first kappa shape index (κ1) is 15.1. The number of hydrogen-bond donors (Lipinski definition) is 2. The summed E-state index contributed by atoms with van der Waals surface area (Å²) in [5, 5.41) is 6.95. The highest BCUT2D eigenvalue weighted by atomic mass is 32.2. The number of anilines is 1. The first-order valence-electron chi connectivity index (χ1n) is 6.34. The lowest BCUT2D eigenvalue weighted by atomic mass is 10.1. The fourth-order valence-electron chi connectivity index (χ4n) is 1.52. The van der Waals surface area contributed by atoms with E-state index in [0.29, 0.717) is 0 Å². The normalized spacial score (nSPS) is 11.3. The summed E-state index contributed by atoms with van der Waals surface area (Å²) in [7, 11) is 0. The lowest BCUT2D eigenvalue weighted by molar-refractivity contribution is 0.435. The lowest BCUT2D eigenvalue weighted by Crippen LogP contribution is -2.38. The fraction of sp³-hybridized carbons (Fsp3) is 0.467. The molecule has 3 heteroatoms. The maximum atomic E-state index is 3.76. The minimum Gasteiger partial charge on any atom is -0.383 e. The summed E-state index contributed by atoms with van der Waals surface area (Å²) in [6.45, 7) is 12.2. The van der Waals surface area contributed by atoms with Gasteiger partial charge in [-0.25, -0.2) is 0 Å². The highest BCUT2D eigenvalue weighted by Crippen LogP contribution is 2.26. The van der Waals surface area contributed by atoms with Crippen LogP contribution >= 0.6 is 11.8 Å². The zero-order chi connectivity index (χ0) is 13.4. The predicted molar refractivity (Wildman–Crippen MR) is 83.6 cm³/mol. The molecule has 0 fully saturated rings. The SMILES string of the molecule is C=CCSc1ccccc1NCCNC(C)(C)C. The van der Waals surface area contributed by atoms with E-state index < -0.39 is 0 Å². The molecule has 0 aliphatic rings. The molecule has 0 amide bonds. The van der Waals surface area contributed by atoms with Crippen molar-refractivity contribution in [3.8, 4) is 0 Å². The van der Waals surface area contributed by atoms with Crippen LogP contribution in [0.1, 0.15) is 20.8 Å². The van der Waals surface area contributed by atoms with Gasteiger partial charge in [0.1, 0.15) is 0 Å². The summed E-state index contributed by atoms with van der Waals surface area (Å²) in [6, 6.07) is 8.41. The third-order valence-electron chi connectivity index (χ3n) is 2.34. The zero-order valence-corrected chi connectivity index (χ0v) is 12.4. The van der Waals surface area contributed by atoms with Gasteiger partial charge < -0.3 is 10.6 Å². The molecule has 0 saturated heterocycles. The smallest absolute Gasteiger partial charge is 0.0478 e.